The molecule has 1 aromatic carbocycles. The molecule has 0 spiro atoms. The Kier molecular flexibility index (Phi) is 5.20. The number of sulfonamides is 1. The van der Waals surface area contributed by atoms with E-state index in [-0.39, 0.29) is 17.0 Å². The Balaban J connectivity index is 2.51. The molecule has 0 saturated carbocycles. The number of methoxy groups -OCH3 is 1. The monoisotopic (exact) mass is 350 g/mol. The molecule has 24 heavy (non-hydrogen) atoms. The fourth-order valence-corrected chi connectivity index (χ4v) is 3.10. The molecule has 2 aromatic rings. The molecule has 1 aromatic heterocycles. The van der Waals surface area contributed by atoms with Gasteiger partial charge in [0.15, 0.2) is 0 Å². The van der Waals surface area contributed by atoms with Gasteiger partial charge >= 0.3 is 0 Å². The summed E-state index contributed by atoms with van der Waals surface area (Å²) in [4.78, 5) is 23.0. The Labute approximate surface area is 140 Å². The normalized spacial score (nSPS) is 11.5. The van der Waals surface area contributed by atoms with E-state index in [0.29, 0.717) is 23.2 Å². The number of hydrogen-bond donors (Lipinski definition) is 0. The Morgan fingerprint density at radius 3 is 2.50 bits per heavy atom. The Morgan fingerprint density at radius 2 is 1.92 bits per heavy atom. The van der Waals surface area contributed by atoms with Gasteiger partial charge in [-0.25, -0.2) is 12.7 Å². The molecule has 0 fully saturated rings. The lowest BCUT2D eigenvalue weighted by molar-refractivity contribution is 0.112. The van der Waals surface area contributed by atoms with Crippen LogP contribution in [-0.4, -0.2) is 44.8 Å². The number of aldehydes is 1. The van der Waals surface area contributed by atoms with Crippen molar-refractivity contribution in [1.29, 1.82) is 0 Å². The smallest absolute Gasteiger partial charge is 0.250 e. The minimum Gasteiger partial charge on any atom is -0.496 e. The fourth-order valence-electron chi connectivity index (χ4n) is 2.18. The third kappa shape index (κ3) is 3.55. The van der Waals surface area contributed by atoms with Crippen molar-refractivity contribution in [3.05, 3.63) is 58.0 Å². The summed E-state index contributed by atoms with van der Waals surface area (Å²) in [5.74, 6) is 0.508. The number of carbonyl (C=O) groups is 1. The zero-order valence-corrected chi connectivity index (χ0v) is 14.4. The second kappa shape index (κ2) is 6.98. The SMILES string of the molecule is COc1ccc(C=O)cc1Cn1cc(S(=O)(=O)N(C)C)ccc1=O. The predicted octanol–water partition coefficient (Wildman–Crippen LogP) is 0.968. The topological polar surface area (TPSA) is 85.7 Å². The molecule has 0 unspecified atom stereocenters. The van der Waals surface area contributed by atoms with Gasteiger partial charge in [0, 0.05) is 37.5 Å². The Bertz CT molecular complexity index is 916. The van der Waals surface area contributed by atoms with Crippen LogP contribution in [0, 0.1) is 0 Å². The zero-order chi connectivity index (χ0) is 17.9. The molecule has 0 aliphatic rings. The molecule has 7 nitrogen and oxygen atoms in total. The number of hydrogen-bond acceptors (Lipinski definition) is 5. The van der Waals surface area contributed by atoms with E-state index in [1.54, 1.807) is 18.2 Å². The maximum atomic E-state index is 12.2. The lowest BCUT2D eigenvalue weighted by Gasteiger charge is -2.14. The van der Waals surface area contributed by atoms with Gasteiger partial charge in [-0.3, -0.25) is 9.59 Å². The van der Waals surface area contributed by atoms with Crippen LogP contribution in [0.3, 0.4) is 0 Å². The molecule has 0 atom stereocenters. The molecule has 0 amide bonds. The highest BCUT2D eigenvalue weighted by molar-refractivity contribution is 7.89. The summed E-state index contributed by atoms with van der Waals surface area (Å²) in [7, 11) is 0.667. The molecule has 0 radical (unpaired) electrons. The van der Waals surface area contributed by atoms with E-state index in [1.807, 2.05) is 0 Å². The Morgan fingerprint density at radius 1 is 1.21 bits per heavy atom. The lowest BCUT2D eigenvalue weighted by atomic mass is 10.1. The van der Waals surface area contributed by atoms with Gasteiger partial charge in [-0.15, -0.1) is 0 Å². The average Bonchev–Trinajstić information content (AvgIpc) is 2.56. The molecule has 2 rings (SSSR count). The van der Waals surface area contributed by atoms with Crippen molar-refractivity contribution in [3.63, 3.8) is 0 Å². The molecule has 8 heteroatoms. The van der Waals surface area contributed by atoms with Crippen LogP contribution in [0.4, 0.5) is 0 Å². The third-order valence-corrected chi connectivity index (χ3v) is 5.31. The highest BCUT2D eigenvalue weighted by Crippen LogP contribution is 2.20. The number of carbonyl (C=O) groups excluding carboxylic acids is 1. The summed E-state index contributed by atoms with van der Waals surface area (Å²) < 4.78 is 32.0. The van der Waals surface area contributed by atoms with Crippen LogP contribution < -0.4 is 10.3 Å². The van der Waals surface area contributed by atoms with Crippen molar-refractivity contribution in [2.45, 2.75) is 11.4 Å². The van der Waals surface area contributed by atoms with Crippen molar-refractivity contribution in [2.75, 3.05) is 21.2 Å². The quantitative estimate of drug-likeness (QED) is 0.725. The van der Waals surface area contributed by atoms with E-state index in [4.69, 9.17) is 4.74 Å². The highest BCUT2D eigenvalue weighted by Gasteiger charge is 2.18. The van der Waals surface area contributed by atoms with Crippen molar-refractivity contribution in [1.82, 2.24) is 8.87 Å². The largest absolute Gasteiger partial charge is 0.496 e. The number of benzene rings is 1. The van der Waals surface area contributed by atoms with Gasteiger partial charge in [-0.1, -0.05) is 0 Å². The molecule has 128 valence electrons. The molecule has 1 heterocycles. The highest BCUT2D eigenvalue weighted by atomic mass is 32.2. The fraction of sp³-hybridized carbons (Fsp3) is 0.250. The second-order valence-electron chi connectivity index (χ2n) is 5.31. The average molecular weight is 350 g/mol. The van der Waals surface area contributed by atoms with Crippen LogP contribution in [0.2, 0.25) is 0 Å². The first-order valence-electron chi connectivity index (χ1n) is 7.04. The number of ether oxygens (including phenoxy) is 1. The van der Waals surface area contributed by atoms with E-state index in [1.165, 1.54) is 44.1 Å². The minimum atomic E-state index is -3.65. The van der Waals surface area contributed by atoms with Crippen LogP contribution in [0.15, 0.2) is 46.2 Å². The van der Waals surface area contributed by atoms with E-state index >= 15 is 0 Å². The number of aromatic nitrogens is 1. The van der Waals surface area contributed by atoms with Gasteiger partial charge in [0.2, 0.25) is 10.0 Å². The van der Waals surface area contributed by atoms with Crippen LogP contribution in [0.1, 0.15) is 15.9 Å². The van der Waals surface area contributed by atoms with Gasteiger partial charge < -0.3 is 9.30 Å². The van der Waals surface area contributed by atoms with E-state index in [2.05, 4.69) is 0 Å². The van der Waals surface area contributed by atoms with E-state index in [9.17, 15) is 18.0 Å². The van der Waals surface area contributed by atoms with Crippen LogP contribution in [0.25, 0.3) is 0 Å². The van der Waals surface area contributed by atoms with Gasteiger partial charge in [0.25, 0.3) is 5.56 Å². The van der Waals surface area contributed by atoms with Crippen molar-refractivity contribution >= 4 is 16.3 Å². The molecule has 0 bridgehead atoms. The molecule has 0 aliphatic heterocycles. The van der Waals surface area contributed by atoms with Crippen molar-refractivity contribution in [3.8, 4) is 5.75 Å². The molecule has 0 saturated heterocycles. The second-order valence-corrected chi connectivity index (χ2v) is 7.46. The summed E-state index contributed by atoms with van der Waals surface area (Å²) in [6.07, 6.45) is 1.98. The maximum Gasteiger partial charge on any atom is 0.250 e. The number of rotatable bonds is 6. The summed E-state index contributed by atoms with van der Waals surface area (Å²) in [6.45, 7) is 0.0838. The van der Waals surface area contributed by atoms with Gasteiger partial charge in [0.1, 0.15) is 12.0 Å². The van der Waals surface area contributed by atoms with Crippen LogP contribution in [-0.2, 0) is 16.6 Å². The minimum absolute atomic E-state index is 0.0117. The lowest BCUT2D eigenvalue weighted by Crippen LogP contribution is -2.26. The first-order valence-corrected chi connectivity index (χ1v) is 8.48. The molecular formula is C16H18N2O5S. The Hall–Kier alpha value is -2.45. The van der Waals surface area contributed by atoms with Gasteiger partial charge in [-0.2, -0.15) is 0 Å². The van der Waals surface area contributed by atoms with E-state index in [0.717, 1.165) is 4.31 Å². The molecule has 0 aliphatic carbocycles. The van der Waals surface area contributed by atoms with Crippen LogP contribution in [0.5, 0.6) is 5.75 Å². The van der Waals surface area contributed by atoms with Crippen LogP contribution >= 0.6 is 0 Å². The number of pyridine rings is 1. The first kappa shape index (κ1) is 17.9. The van der Waals surface area contributed by atoms with E-state index < -0.39 is 10.0 Å². The summed E-state index contributed by atoms with van der Waals surface area (Å²) in [5, 5.41) is 0. The first-order chi connectivity index (χ1) is 11.3. The predicted molar refractivity (Wildman–Crippen MR) is 89.1 cm³/mol. The summed E-state index contributed by atoms with van der Waals surface area (Å²) in [6, 6.07) is 7.31. The van der Waals surface area contributed by atoms with Crippen molar-refractivity contribution < 1.29 is 17.9 Å². The van der Waals surface area contributed by atoms with Gasteiger partial charge in [-0.05, 0) is 24.3 Å². The molecule has 0 N–H and O–H groups in total. The van der Waals surface area contributed by atoms with Crippen molar-refractivity contribution in [2.24, 2.45) is 0 Å². The third-order valence-electron chi connectivity index (χ3n) is 3.52. The zero-order valence-electron chi connectivity index (χ0n) is 13.6. The maximum absolute atomic E-state index is 12.2. The van der Waals surface area contributed by atoms with Gasteiger partial charge in [0.05, 0.1) is 18.6 Å². The molecular weight excluding hydrogens is 332 g/mol. The number of nitrogens with zero attached hydrogens (tertiary/aromatic N) is 2. The standard InChI is InChI=1S/C16H18N2O5S/c1-17(2)24(21,22)14-5-7-16(20)18(10-14)9-13-8-12(11-19)4-6-15(13)23-3/h4-8,10-11H,9H2,1-3H3. The summed E-state index contributed by atoms with van der Waals surface area (Å²) in [5.41, 5.74) is 0.686. The summed E-state index contributed by atoms with van der Waals surface area (Å²) >= 11 is 0.